The van der Waals surface area contributed by atoms with Crippen molar-refractivity contribution in [1.29, 1.82) is 0 Å². The van der Waals surface area contributed by atoms with E-state index < -0.39 is 23.4 Å². The summed E-state index contributed by atoms with van der Waals surface area (Å²) in [7, 11) is 0. The van der Waals surface area contributed by atoms with E-state index in [1.807, 2.05) is 13.8 Å². The highest BCUT2D eigenvalue weighted by Gasteiger charge is 2.43. The first kappa shape index (κ1) is 17.1. The molecule has 0 spiro atoms. The van der Waals surface area contributed by atoms with Gasteiger partial charge in [0, 0.05) is 5.56 Å². The fraction of sp³-hybridized carbons (Fsp3) is 0.333. The summed E-state index contributed by atoms with van der Waals surface area (Å²) >= 11 is 0. The fourth-order valence-corrected chi connectivity index (χ4v) is 2.98. The van der Waals surface area contributed by atoms with Crippen molar-refractivity contribution in [2.45, 2.75) is 19.6 Å². The molecule has 23 heavy (non-hydrogen) atoms. The lowest BCUT2D eigenvalue weighted by atomic mass is 9.82. The first-order chi connectivity index (χ1) is 11.0. The molecule has 5 nitrogen and oxygen atoms in total. The SMILES string of the molecule is CCN(CC)C1(O)C=CC=CC1C(=O)c1ccccc1C(=O)O. The number of carbonyl (C=O) groups is 2. The van der Waals surface area contributed by atoms with Crippen molar-refractivity contribution in [1.82, 2.24) is 4.90 Å². The summed E-state index contributed by atoms with van der Waals surface area (Å²) in [5, 5.41) is 20.4. The van der Waals surface area contributed by atoms with Crippen LogP contribution < -0.4 is 0 Å². The Hall–Kier alpha value is -2.24. The second-order valence-corrected chi connectivity index (χ2v) is 5.39. The Morgan fingerprint density at radius 1 is 1.13 bits per heavy atom. The number of carboxylic acids is 1. The Morgan fingerprint density at radius 3 is 2.30 bits per heavy atom. The van der Waals surface area contributed by atoms with Crippen molar-refractivity contribution < 1.29 is 19.8 Å². The summed E-state index contributed by atoms with van der Waals surface area (Å²) in [5.74, 6) is -2.42. The number of benzene rings is 1. The molecule has 2 unspecified atom stereocenters. The van der Waals surface area contributed by atoms with Crippen LogP contribution in [0.15, 0.2) is 48.6 Å². The third-order valence-corrected chi connectivity index (χ3v) is 4.19. The number of hydrogen-bond donors (Lipinski definition) is 2. The Labute approximate surface area is 135 Å². The van der Waals surface area contributed by atoms with Gasteiger partial charge in [-0.15, -0.1) is 0 Å². The first-order valence-electron chi connectivity index (χ1n) is 7.65. The molecule has 1 aromatic carbocycles. The van der Waals surface area contributed by atoms with Gasteiger partial charge in [-0.1, -0.05) is 50.3 Å². The number of carbonyl (C=O) groups excluding carboxylic acids is 1. The lowest BCUT2D eigenvalue weighted by Gasteiger charge is -2.41. The van der Waals surface area contributed by atoms with Gasteiger partial charge >= 0.3 is 5.97 Å². The van der Waals surface area contributed by atoms with Gasteiger partial charge in [0.05, 0.1) is 11.5 Å². The van der Waals surface area contributed by atoms with Crippen LogP contribution in [0.2, 0.25) is 0 Å². The van der Waals surface area contributed by atoms with Crippen LogP contribution >= 0.6 is 0 Å². The Bertz CT molecular complexity index is 661. The highest BCUT2D eigenvalue weighted by atomic mass is 16.4. The van der Waals surface area contributed by atoms with Crippen LogP contribution in [0.1, 0.15) is 34.6 Å². The minimum atomic E-state index is -1.46. The second-order valence-electron chi connectivity index (χ2n) is 5.39. The van der Waals surface area contributed by atoms with Gasteiger partial charge in [-0.3, -0.25) is 9.69 Å². The maximum absolute atomic E-state index is 12.9. The number of rotatable bonds is 6. The molecule has 0 heterocycles. The molecule has 0 saturated carbocycles. The van der Waals surface area contributed by atoms with Crippen molar-refractivity contribution >= 4 is 11.8 Å². The second kappa shape index (κ2) is 6.89. The summed E-state index contributed by atoms with van der Waals surface area (Å²) in [5.41, 5.74) is -1.40. The van der Waals surface area contributed by atoms with Crippen LogP contribution in [0.3, 0.4) is 0 Å². The minimum Gasteiger partial charge on any atom is -0.478 e. The van der Waals surface area contributed by atoms with Gasteiger partial charge in [0.1, 0.15) is 0 Å². The molecule has 0 fully saturated rings. The van der Waals surface area contributed by atoms with Gasteiger partial charge < -0.3 is 10.2 Å². The van der Waals surface area contributed by atoms with Crippen LogP contribution in [0.25, 0.3) is 0 Å². The molecule has 2 rings (SSSR count). The summed E-state index contributed by atoms with van der Waals surface area (Å²) in [6, 6.07) is 6.08. The van der Waals surface area contributed by atoms with E-state index in [9.17, 15) is 19.8 Å². The molecule has 1 aliphatic carbocycles. The van der Waals surface area contributed by atoms with Crippen molar-refractivity contribution in [3.63, 3.8) is 0 Å². The zero-order chi connectivity index (χ0) is 17.0. The van der Waals surface area contributed by atoms with Crippen molar-refractivity contribution in [3.05, 3.63) is 59.7 Å². The van der Waals surface area contributed by atoms with Crippen molar-refractivity contribution in [2.75, 3.05) is 13.1 Å². The molecule has 0 radical (unpaired) electrons. The number of carboxylic acid groups (broad SMARTS) is 1. The van der Waals surface area contributed by atoms with Gasteiger partial charge in [-0.2, -0.15) is 0 Å². The maximum atomic E-state index is 12.9. The largest absolute Gasteiger partial charge is 0.478 e. The summed E-state index contributed by atoms with van der Waals surface area (Å²) in [6.45, 7) is 4.94. The van der Waals surface area contributed by atoms with Crippen LogP contribution in [0.4, 0.5) is 0 Å². The van der Waals surface area contributed by atoms with Crippen molar-refractivity contribution in [2.24, 2.45) is 5.92 Å². The van der Waals surface area contributed by atoms with Crippen LogP contribution in [-0.2, 0) is 0 Å². The summed E-state index contributed by atoms with van der Waals surface area (Å²) in [4.78, 5) is 26.1. The number of hydrogen-bond acceptors (Lipinski definition) is 4. The van der Waals surface area contributed by atoms with E-state index in [1.54, 1.807) is 41.3 Å². The number of nitrogens with zero attached hydrogens (tertiary/aromatic N) is 1. The topological polar surface area (TPSA) is 77.8 Å². The normalized spacial score (nSPS) is 23.2. The standard InChI is InChI=1S/C18H21NO4/c1-3-19(4-2)18(23)12-8-7-11-15(18)16(20)13-9-5-6-10-14(13)17(21)22/h5-12,15,23H,3-4H2,1-2H3,(H,21,22). The predicted molar refractivity (Wildman–Crippen MR) is 87.4 cm³/mol. The monoisotopic (exact) mass is 315 g/mol. The van der Waals surface area contributed by atoms with E-state index >= 15 is 0 Å². The minimum absolute atomic E-state index is 0.0534. The van der Waals surface area contributed by atoms with Gasteiger partial charge in [-0.25, -0.2) is 4.79 Å². The molecule has 122 valence electrons. The van der Waals surface area contributed by atoms with E-state index in [1.165, 1.54) is 12.1 Å². The number of likely N-dealkylation sites (N-methyl/N-ethyl adjacent to an activating group) is 1. The molecule has 0 amide bonds. The molecule has 1 aromatic rings. The van der Waals surface area contributed by atoms with Gasteiger partial charge in [0.15, 0.2) is 11.5 Å². The first-order valence-corrected chi connectivity index (χ1v) is 7.65. The Balaban J connectivity index is 2.47. The molecular weight excluding hydrogens is 294 g/mol. The quantitative estimate of drug-likeness (QED) is 0.622. The molecule has 0 aliphatic heterocycles. The van der Waals surface area contributed by atoms with E-state index in [2.05, 4.69) is 0 Å². The zero-order valence-electron chi connectivity index (χ0n) is 13.3. The van der Waals surface area contributed by atoms with E-state index in [-0.39, 0.29) is 11.1 Å². The molecule has 2 atom stereocenters. The van der Waals surface area contributed by atoms with Crippen LogP contribution in [0.5, 0.6) is 0 Å². The number of Topliss-reactive ketones (excluding diaryl/α,β-unsaturated/α-hetero) is 1. The predicted octanol–water partition coefficient (Wildman–Crippen LogP) is 2.34. The molecule has 0 bridgehead atoms. The van der Waals surface area contributed by atoms with E-state index in [0.717, 1.165) is 0 Å². The molecular formula is C18H21NO4. The fourth-order valence-electron chi connectivity index (χ4n) is 2.98. The maximum Gasteiger partial charge on any atom is 0.336 e. The van der Waals surface area contributed by atoms with E-state index in [0.29, 0.717) is 13.1 Å². The molecule has 1 aliphatic rings. The molecule has 2 N–H and O–H groups in total. The number of ketones is 1. The molecule has 0 saturated heterocycles. The summed E-state index contributed by atoms with van der Waals surface area (Å²) < 4.78 is 0. The van der Waals surface area contributed by atoms with Gasteiger partial charge in [0.2, 0.25) is 0 Å². The highest BCUT2D eigenvalue weighted by molar-refractivity contribution is 6.08. The van der Waals surface area contributed by atoms with Crippen molar-refractivity contribution in [3.8, 4) is 0 Å². The number of allylic oxidation sites excluding steroid dienone is 2. The highest BCUT2D eigenvalue weighted by Crippen LogP contribution is 2.32. The third kappa shape index (κ3) is 3.11. The smallest absolute Gasteiger partial charge is 0.336 e. The van der Waals surface area contributed by atoms with Gasteiger partial charge in [-0.05, 0) is 25.2 Å². The lowest BCUT2D eigenvalue weighted by molar-refractivity contribution is -0.0846. The molecule has 5 heteroatoms. The summed E-state index contributed by atoms with van der Waals surface area (Å²) in [6.07, 6.45) is 6.61. The van der Waals surface area contributed by atoms with E-state index in [4.69, 9.17) is 0 Å². The average molecular weight is 315 g/mol. The number of aromatic carboxylic acids is 1. The Kier molecular flexibility index (Phi) is 5.13. The lowest BCUT2D eigenvalue weighted by Crippen LogP contribution is -2.55. The Morgan fingerprint density at radius 2 is 1.74 bits per heavy atom. The van der Waals surface area contributed by atoms with Gasteiger partial charge in [0.25, 0.3) is 0 Å². The third-order valence-electron chi connectivity index (χ3n) is 4.19. The average Bonchev–Trinajstić information content (AvgIpc) is 2.55. The van der Waals surface area contributed by atoms with Crippen LogP contribution in [-0.4, -0.2) is 45.7 Å². The molecule has 0 aromatic heterocycles. The van der Waals surface area contributed by atoms with Crippen LogP contribution in [0, 0.1) is 5.92 Å². The zero-order valence-corrected chi connectivity index (χ0v) is 13.3. The number of aliphatic hydroxyl groups is 1.